The number of nitrogens with one attached hydrogen (secondary N) is 1. The Morgan fingerprint density at radius 1 is 1.37 bits per heavy atom. The maximum absolute atomic E-state index is 11.6. The lowest BCUT2D eigenvalue weighted by atomic mass is 9.96. The van der Waals surface area contributed by atoms with Gasteiger partial charge < -0.3 is 4.74 Å². The number of nitrogens with zero attached hydrogens (tertiary/aromatic N) is 3. The largest absolute Gasteiger partial charge is 0.466 e. The Bertz CT molecular complexity index is 885. The van der Waals surface area contributed by atoms with Crippen LogP contribution in [0.15, 0.2) is 22.6 Å². The molecule has 1 saturated heterocycles. The quantitative estimate of drug-likeness (QED) is 0.380. The van der Waals surface area contributed by atoms with Gasteiger partial charge in [0.25, 0.3) is 0 Å². The first kappa shape index (κ1) is 22.4. The first-order chi connectivity index (χ1) is 14.4. The van der Waals surface area contributed by atoms with Crippen LogP contribution < -0.4 is 5.43 Å². The van der Waals surface area contributed by atoms with Crippen LogP contribution in [0.3, 0.4) is 0 Å². The number of benzene rings is 1. The van der Waals surface area contributed by atoms with E-state index in [1.165, 1.54) is 54.0 Å². The molecule has 0 radical (unpaired) electrons. The van der Waals surface area contributed by atoms with Gasteiger partial charge in [-0.15, -0.1) is 11.3 Å². The normalized spacial score (nSPS) is 15.6. The van der Waals surface area contributed by atoms with Crippen molar-refractivity contribution in [3.63, 3.8) is 0 Å². The van der Waals surface area contributed by atoms with Crippen molar-refractivity contribution in [1.82, 2.24) is 9.88 Å². The van der Waals surface area contributed by atoms with Gasteiger partial charge in [0, 0.05) is 11.9 Å². The number of anilines is 1. The third kappa shape index (κ3) is 6.37. The SMILES string of the molecule is CCOC(=O)Cc1csc(NN=Cc2cc(C)cc(CN3CCC(C)CC3)c2C)n1. The molecule has 1 aromatic carbocycles. The van der Waals surface area contributed by atoms with E-state index < -0.39 is 0 Å². The highest BCUT2D eigenvalue weighted by atomic mass is 32.1. The molecule has 162 valence electrons. The van der Waals surface area contributed by atoms with Crippen molar-refractivity contribution in [3.05, 3.63) is 45.5 Å². The summed E-state index contributed by atoms with van der Waals surface area (Å²) in [5, 5.41) is 6.90. The summed E-state index contributed by atoms with van der Waals surface area (Å²) in [6.07, 6.45) is 4.62. The number of hydrogen-bond donors (Lipinski definition) is 1. The highest BCUT2D eigenvalue weighted by Crippen LogP contribution is 2.22. The number of carbonyl (C=O) groups is 1. The van der Waals surface area contributed by atoms with Crippen LogP contribution >= 0.6 is 11.3 Å². The zero-order valence-corrected chi connectivity index (χ0v) is 19.2. The number of hydrazone groups is 1. The first-order valence-corrected chi connectivity index (χ1v) is 11.5. The lowest BCUT2D eigenvalue weighted by molar-refractivity contribution is -0.142. The average molecular weight is 429 g/mol. The predicted molar refractivity (Wildman–Crippen MR) is 123 cm³/mol. The van der Waals surface area contributed by atoms with Gasteiger partial charge in [-0.3, -0.25) is 15.1 Å². The molecular weight excluding hydrogens is 396 g/mol. The molecule has 3 rings (SSSR count). The average Bonchev–Trinajstić information content (AvgIpc) is 3.14. The molecule has 0 aliphatic carbocycles. The van der Waals surface area contributed by atoms with Crippen LogP contribution in [0.2, 0.25) is 0 Å². The number of piperidine rings is 1. The molecule has 0 unspecified atom stereocenters. The summed E-state index contributed by atoms with van der Waals surface area (Å²) >= 11 is 1.43. The molecule has 0 amide bonds. The maximum atomic E-state index is 11.6. The van der Waals surface area contributed by atoms with Crippen LogP contribution in [-0.2, 0) is 22.5 Å². The van der Waals surface area contributed by atoms with E-state index in [9.17, 15) is 4.79 Å². The smallest absolute Gasteiger partial charge is 0.311 e. The van der Waals surface area contributed by atoms with E-state index in [0.29, 0.717) is 17.4 Å². The summed E-state index contributed by atoms with van der Waals surface area (Å²) in [6.45, 7) is 12.2. The minimum absolute atomic E-state index is 0.186. The van der Waals surface area contributed by atoms with Gasteiger partial charge in [-0.2, -0.15) is 5.10 Å². The number of rotatable bonds is 8. The third-order valence-electron chi connectivity index (χ3n) is 5.52. The Kier molecular flexibility index (Phi) is 7.99. The molecule has 1 fully saturated rings. The molecule has 2 aromatic rings. The second-order valence-corrected chi connectivity index (χ2v) is 8.95. The van der Waals surface area contributed by atoms with Crippen LogP contribution in [0.25, 0.3) is 0 Å². The Balaban J connectivity index is 1.62. The minimum Gasteiger partial charge on any atom is -0.466 e. The van der Waals surface area contributed by atoms with Gasteiger partial charge in [-0.05, 0) is 69.3 Å². The molecule has 0 bridgehead atoms. The number of aryl methyl sites for hydroxylation is 1. The van der Waals surface area contributed by atoms with Crippen molar-refractivity contribution in [2.75, 3.05) is 25.1 Å². The van der Waals surface area contributed by atoms with Gasteiger partial charge in [0.2, 0.25) is 5.13 Å². The van der Waals surface area contributed by atoms with Crippen molar-refractivity contribution in [2.24, 2.45) is 11.0 Å². The van der Waals surface area contributed by atoms with Crippen LogP contribution in [-0.4, -0.2) is 41.8 Å². The van der Waals surface area contributed by atoms with Crippen LogP contribution in [0.5, 0.6) is 0 Å². The second kappa shape index (κ2) is 10.7. The fourth-order valence-electron chi connectivity index (χ4n) is 3.68. The topological polar surface area (TPSA) is 66.8 Å². The summed E-state index contributed by atoms with van der Waals surface area (Å²) in [7, 11) is 0. The van der Waals surface area contributed by atoms with E-state index >= 15 is 0 Å². The van der Waals surface area contributed by atoms with Crippen LogP contribution in [0.1, 0.15) is 54.6 Å². The standard InChI is InChI=1S/C23H32N4O2S/c1-5-29-22(28)12-21-15-30-23(25-21)26-24-13-19-10-17(3)11-20(18(19)4)14-27-8-6-16(2)7-9-27/h10-11,13,15-16H,5-9,12,14H2,1-4H3,(H,25,26). The lowest BCUT2D eigenvalue weighted by Gasteiger charge is -2.30. The molecule has 1 N–H and O–H groups in total. The van der Waals surface area contributed by atoms with E-state index in [4.69, 9.17) is 4.74 Å². The van der Waals surface area contributed by atoms with Crippen molar-refractivity contribution in [1.29, 1.82) is 0 Å². The molecule has 0 saturated carbocycles. The number of thiazole rings is 1. The van der Waals surface area contributed by atoms with Crippen LogP contribution in [0.4, 0.5) is 5.13 Å². The lowest BCUT2D eigenvalue weighted by Crippen LogP contribution is -2.32. The molecule has 1 aliphatic heterocycles. The molecule has 0 atom stereocenters. The Morgan fingerprint density at radius 2 is 2.13 bits per heavy atom. The molecular formula is C23H32N4O2S. The van der Waals surface area contributed by atoms with Crippen molar-refractivity contribution in [2.45, 2.75) is 53.5 Å². The van der Waals surface area contributed by atoms with Gasteiger partial charge >= 0.3 is 5.97 Å². The number of aromatic nitrogens is 1. The van der Waals surface area contributed by atoms with E-state index in [0.717, 1.165) is 18.0 Å². The summed E-state index contributed by atoms with van der Waals surface area (Å²) in [4.78, 5) is 18.5. The summed E-state index contributed by atoms with van der Waals surface area (Å²) in [6, 6.07) is 4.46. The summed E-state index contributed by atoms with van der Waals surface area (Å²) < 4.78 is 4.96. The first-order valence-electron chi connectivity index (χ1n) is 10.7. The fourth-order valence-corrected chi connectivity index (χ4v) is 4.34. The van der Waals surface area contributed by atoms with E-state index in [1.54, 1.807) is 6.92 Å². The number of carbonyl (C=O) groups excluding carboxylic acids is 1. The van der Waals surface area contributed by atoms with Gasteiger partial charge in [-0.1, -0.05) is 24.6 Å². The third-order valence-corrected chi connectivity index (χ3v) is 6.31. The summed E-state index contributed by atoms with van der Waals surface area (Å²) in [5.41, 5.74) is 8.68. The monoisotopic (exact) mass is 428 g/mol. The van der Waals surface area contributed by atoms with Gasteiger partial charge in [0.1, 0.15) is 0 Å². The Morgan fingerprint density at radius 3 is 2.87 bits per heavy atom. The number of hydrogen-bond acceptors (Lipinski definition) is 7. The molecule has 1 aliphatic rings. The van der Waals surface area contributed by atoms with E-state index in [-0.39, 0.29) is 12.4 Å². The molecule has 30 heavy (non-hydrogen) atoms. The molecule has 0 spiro atoms. The molecule has 7 heteroatoms. The molecule has 6 nitrogen and oxygen atoms in total. The highest BCUT2D eigenvalue weighted by molar-refractivity contribution is 7.13. The van der Waals surface area contributed by atoms with Crippen molar-refractivity contribution >= 4 is 28.7 Å². The van der Waals surface area contributed by atoms with Crippen LogP contribution in [0, 0.1) is 19.8 Å². The maximum Gasteiger partial charge on any atom is 0.311 e. The van der Waals surface area contributed by atoms with Crippen molar-refractivity contribution in [3.8, 4) is 0 Å². The molecule has 1 aromatic heterocycles. The highest BCUT2D eigenvalue weighted by Gasteiger charge is 2.17. The Hall–Kier alpha value is -2.25. The van der Waals surface area contributed by atoms with Gasteiger partial charge in [0.05, 0.1) is 24.9 Å². The van der Waals surface area contributed by atoms with E-state index in [1.807, 2.05) is 11.6 Å². The predicted octanol–water partition coefficient (Wildman–Crippen LogP) is 4.54. The number of likely N-dealkylation sites (tertiary alicyclic amines) is 1. The fraction of sp³-hybridized carbons (Fsp3) is 0.522. The van der Waals surface area contributed by atoms with Gasteiger partial charge in [-0.25, -0.2) is 4.98 Å². The zero-order chi connectivity index (χ0) is 21.5. The zero-order valence-electron chi connectivity index (χ0n) is 18.4. The summed E-state index contributed by atoms with van der Waals surface area (Å²) in [5.74, 6) is 0.584. The molecule has 2 heterocycles. The number of esters is 1. The number of ether oxygens (including phenoxy) is 1. The van der Waals surface area contributed by atoms with E-state index in [2.05, 4.69) is 53.3 Å². The minimum atomic E-state index is -0.260. The Labute approximate surface area is 183 Å². The van der Waals surface area contributed by atoms with Crippen molar-refractivity contribution < 1.29 is 9.53 Å². The second-order valence-electron chi connectivity index (χ2n) is 8.09. The van der Waals surface area contributed by atoms with Gasteiger partial charge in [0.15, 0.2) is 0 Å².